The van der Waals surface area contributed by atoms with E-state index in [-0.39, 0.29) is 11.4 Å². The topological polar surface area (TPSA) is 68.0 Å². The molecule has 5 nitrogen and oxygen atoms in total. The van der Waals surface area contributed by atoms with E-state index in [2.05, 4.69) is 10.3 Å². The molecule has 1 aromatic carbocycles. The van der Waals surface area contributed by atoms with Crippen LogP contribution in [0.5, 0.6) is 0 Å². The van der Waals surface area contributed by atoms with Crippen molar-refractivity contribution in [1.29, 1.82) is 0 Å². The molecule has 2 aromatic rings. The molecule has 18 heavy (non-hydrogen) atoms. The number of aromatic carboxylic acids is 1. The van der Waals surface area contributed by atoms with E-state index in [1.54, 1.807) is 30.3 Å². The minimum absolute atomic E-state index is 0.0683. The number of hydrogen-bond donors (Lipinski definition) is 1. The molecule has 1 heterocycles. The SMILES string of the molecule is CC(C)(F)c1c(C(=O)O)nnn1-c1ccccc1. The zero-order valence-electron chi connectivity index (χ0n) is 9.96. The van der Waals surface area contributed by atoms with E-state index in [4.69, 9.17) is 5.11 Å². The molecule has 1 N–H and O–H groups in total. The van der Waals surface area contributed by atoms with E-state index < -0.39 is 11.6 Å². The maximum Gasteiger partial charge on any atom is 0.358 e. The molecule has 0 bridgehead atoms. The van der Waals surface area contributed by atoms with Crippen molar-refractivity contribution in [3.63, 3.8) is 0 Å². The molecule has 0 aliphatic carbocycles. The maximum atomic E-state index is 14.2. The second kappa shape index (κ2) is 4.21. The number of halogens is 1. The van der Waals surface area contributed by atoms with Crippen molar-refractivity contribution < 1.29 is 14.3 Å². The fourth-order valence-corrected chi connectivity index (χ4v) is 1.71. The maximum absolute atomic E-state index is 14.2. The number of carboxylic acid groups (broad SMARTS) is 1. The minimum atomic E-state index is -1.85. The molecule has 0 radical (unpaired) electrons. The molecule has 0 saturated carbocycles. The Morgan fingerprint density at radius 2 is 1.94 bits per heavy atom. The second-order valence-corrected chi connectivity index (χ2v) is 4.31. The Bertz CT molecular complexity index is 573. The number of alkyl halides is 1. The number of hydrogen-bond acceptors (Lipinski definition) is 3. The molecule has 1 aromatic heterocycles. The summed E-state index contributed by atoms with van der Waals surface area (Å²) in [4.78, 5) is 11.0. The summed E-state index contributed by atoms with van der Waals surface area (Å²) in [6.07, 6.45) is 0. The zero-order valence-corrected chi connectivity index (χ0v) is 9.96. The summed E-state index contributed by atoms with van der Waals surface area (Å²) < 4.78 is 15.4. The fraction of sp³-hybridized carbons (Fsp3) is 0.250. The monoisotopic (exact) mass is 249 g/mol. The zero-order chi connectivity index (χ0) is 13.3. The Balaban J connectivity index is 2.67. The highest BCUT2D eigenvalue weighted by Gasteiger charge is 2.33. The Morgan fingerprint density at radius 3 is 2.44 bits per heavy atom. The Kier molecular flexibility index (Phi) is 2.86. The smallest absolute Gasteiger partial charge is 0.358 e. The molecule has 0 atom stereocenters. The van der Waals surface area contributed by atoms with Gasteiger partial charge in [-0.3, -0.25) is 0 Å². The molecule has 0 spiro atoms. The lowest BCUT2D eigenvalue weighted by Gasteiger charge is -2.16. The third kappa shape index (κ3) is 2.09. The molecule has 6 heteroatoms. The van der Waals surface area contributed by atoms with Gasteiger partial charge in [0, 0.05) is 0 Å². The molecule has 0 unspecified atom stereocenters. The van der Waals surface area contributed by atoms with Crippen LogP contribution in [0.2, 0.25) is 0 Å². The third-order valence-corrected chi connectivity index (χ3v) is 2.44. The first-order valence-corrected chi connectivity index (χ1v) is 5.35. The van der Waals surface area contributed by atoms with Gasteiger partial charge in [0.05, 0.1) is 5.69 Å². The highest BCUT2D eigenvalue weighted by Crippen LogP contribution is 2.28. The van der Waals surface area contributed by atoms with Crippen LogP contribution in [0, 0.1) is 0 Å². The summed E-state index contributed by atoms with van der Waals surface area (Å²) in [5.41, 5.74) is -1.72. The molecule has 94 valence electrons. The van der Waals surface area contributed by atoms with Crippen LogP contribution in [-0.4, -0.2) is 26.1 Å². The van der Waals surface area contributed by atoms with Crippen LogP contribution in [0.25, 0.3) is 5.69 Å². The lowest BCUT2D eigenvalue weighted by atomic mass is 10.0. The van der Waals surface area contributed by atoms with Gasteiger partial charge in [-0.05, 0) is 26.0 Å². The number of carboxylic acids is 1. The molecule has 2 rings (SSSR count). The van der Waals surface area contributed by atoms with Gasteiger partial charge in [0.25, 0.3) is 0 Å². The van der Waals surface area contributed by atoms with Gasteiger partial charge < -0.3 is 5.11 Å². The normalized spacial score (nSPS) is 11.5. The average Bonchev–Trinajstić information content (AvgIpc) is 2.74. The first kappa shape index (κ1) is 12.2. The number of carbonyl (C=O) groups is 1. The van der Waals surface area contributed by atoms with E-state index in [0.29, 0.717) is 5.69 Å². The van der Waals surface area contributed by atoms with Gasteiger partial charge in [-0.15, -0.1) is 5.10 Å². The molecular formula is C12H12FN3O2. The molecular weight excluding hydrogens is 237 g/mol. The summed E-state index contributed by atoms with van der Waals surface area (Å²) in [6.45, 7) is 2.55. The van der Waals surface area contributed by atoms with Crippen molar-refractivity contribution in [3.8, 4) is 5.69 Å². The van der Waals surface area contributed by atoms with Crippen molar-refractivity contribution in [1.82, 2.24) is 15.0 Å². The van der Waals surface area contributed by atoms with Crippen LogP contribution >= 0.6 is 0 Å². The number of aromatic nitrogens is 3. The highest BCUT2D eigenvalue weighted by atomic mass is 19.1. The average molecular weight is 249 g/mol. The summed E-state index contributed by atoms with van der Waals surface area (Å²) >= 11 is 0. The van der Waals surface area contributed by atoms with Crippen LogP contribution in [0.1, 0.15) is 30.0 Å². The quantitative estimate of drug-likeness (QED) is 0.905. The largest absolute Gasteiger partial charge is 0.476 e. The van der Waals surface area contributed by atoms with Crippen molar-refractivity contribution in [2.24, 2.45) is 0 Å². The Hall–Kier alpha value is -2.24. The standard InChI is InChI=1S/C12H12FN3O2/c1-12(2,13)10-9(11(17)18)14-15-16(10)8-6-4-3-5-7-8/h3-7H,1-2H3,(H,17,18). The predicted molar refractivity (Wildman–Crippen MR) is 62.5 cm³/mol. The predicted octanol–water partition coefficient (Wildman–Crippen LogP) is 2.17. The first-order valence-electron chi connectivity index (χ1n) is 5.35. The molecule has 0 fully saturated rings. The van der Waals surface area contributed by atoms with E-state index in [1.165, 1.54) is 18.5 Å². The van der Waals surface area contributed by atoms with Crippen molar-refractivity contribution in [3.05, 3.63) is 41.7 Å². The van der Waals surface area contributed by atoms with Crippen LogP contribution in [0.3, 0.4) is 0 Å². The number of para-hydroxylation sites is 1. The summed E-state index contributed by atoms with van der Waals surface area (Å²) in [5, 5.41) is 16.3. The molecule has 0 aliphatic heterocycles. The van der Waals surface area contributed by atoms with E-state index in [9.17, 15) is 9.18 Å². The Labute approximate surface area is 103 Å². The van der Waals surface area contributed by atoms with Crippen LogP contribution in [0.15, 0.2) is 30.3 Å². The van der Waals surface area contributed by atoms with E-state index in [0.717, 1.165) is 0 Å². The first-order chi connectivity index (χ1) is 8.41. The molecule has 0 amide bonds. The Morgan fingerprint density at radius 1 is 1.33 bits per heavy atom. The van der Waals surface area contributed by atoms with Gasteiger partial charge in [0.2, 0.25) is 0 Å². The molecule has 0 saturated heterocycles. The van der Waals surface area contributed by atoms with Crippen molar-refractivity contribution in [2.75, 3.05) is 0 Å². The lowest BCUT2D eigenvalue weighted by molar-refractivity contribution is 0.0682. The van der Waals surface area contributed by atoms with Crippen molar-refractivity contribution in [2.45, 2.75) is 19.5 Å². The van der Waals surface area contributed by atoms with Crippen molar-refractivity contribution >= 4 is 5.97 Å². The molecule has 0 aliphatic rings. The number of benzene rings is 1. The summed E-state index contributed by atoms with van der Waals surface area (Å²) in [7, 11) is 0. The van der Waals surface area contributed by atoms with E-state index in [1.807, 2.05) is 0 Å². The lowest BCUT2D eigenvalue weighted by Crippen LogP contribution is -2.19. The van der Waals surface area contributed by atoms with Crippen LogP contribution in [0.4, 0.5) is 4.39 Å². The summed E-state index contributed by atoms with van der Waals surface area (Å²) in [5.74, 6) is -1.29. The van der Waals surface area contributed by atoms with E-state index >= 15 is 0 Å². The van der Waals surface area contributed by atoms with Gasteiger partial charge >= 0.3 is 5.97 Å². The third-order valence-electron chi connectivity index (χ3n) is 2.44. The number of rotatable bonds is 3. The highest BCUT2D eigenvalue weighted by molar-refractivity contribution is 5.87. The second-order valence-electron chi connectivity index (χ2n) is 4.31. The fourth-order valence-electron chi connectivity index (χ4n) is 1.71. The van der Waals surface area contributed by atoms with Gasteiger partial charge in [0.1, 0.15) is 11.4 Å². The number of nitrogens with zero attached hydrogens (tertiary/aromatic N) is 3. The van der Waals surface area contributed by atoms with Gasteiger partial charge in [-0.2, -0.15) is 0 Å². The minimum Gasteiger partial charge on any atom is -0.476 e. The van der Waals surface area contributed by atoms with Gasteiger partial charge in [-0.1, -0.05) is 23.4 Å². The van der Waals surface area contributed by atoms with Crippen LogP contribution < -0.4 is 0 Å². The van der Waals surface area contributed by atoms with Crippen LogP contribution in [-0.2, 0) is 5.67 Å². The van der Waals surface area contributed by atoms with Gasteiger partial charge in [0.15, 0.2) is 5.69 Å². The summed E-state index contributed by atoms with van der Waals surface area (Å²) in [6, 6.07) is 8.73. The van der Waals surface area contributed by atoms with Gasteiger partial charge in [-0.25, -0.2) is 13.9 Å².